The highest BCUT2D eigenvalue weighted by molar-refractivity contribution is 5.73. The van der Waals surface area contributed by atoms with Gasteiger partial charge >= 0.3 is 0 Å². The fourth-order valence-corrected chi connectivity index (χ4v) is 0.557. The minimum absolute atomic E-state index is 0.0208. The molecule has 0 heterocycles. The van der Waals surface area contributed by atoms with E-state index >= 15 is 0 Å². The Morgan fingerprint density at radius 2 is 2.22 bits per heavy atom. The molecule has 0 aliphatic carbocycles. The molecule has 1 atom stereocenters. The lowest BCUT2D eigenvalue weighted by Crippen LogP contribution is -2.28. The maximum absolute atomic E-state index is 10.4. The first-order valence-corrected chi connectivity index (χ1v) is 2.86. The van der Waals surface area contributed by atoms with E-state index < -0.39 is 0 Å². The third-order valence-corrected chi connectivity index (χ3v) is 0.781. The van der Waals surface area contributed by atoms with Gasteiger partial charge < -0.3 is 5.32 Å². The third-order valence-electron chi connectivity index (χ3n) is 0.781. The van der Waals surface area contributed by atoms with Gasteiger partial charge in [0.25, 0.3) is 0 Å². The van der Waals surface area contributed by atoms with Crippen LogP contribution in [0.4, 0.5) is 0 Å². The number of hydrogen-bond acceptors (Lipinski definition) is 1. The monoisotopic (exact) mass is 125 g/mol. The smallest absolute Gasteiger partial charge is 0.217 e. The van der Waals surface area contributed by atoms with Gasteiger partial charge in [0.05, 0.1) is 6.04 Å². The van der Waals surface area contributed by atoms with Crippen molar-refractivity contribution in [2.45, 2.75) is 26.8 Å². The van der Waals surface area contributed by atoms with Gasteiger partial charge in [-0.05, 0) is 13.8 Å². The lowest BCUT2D eigenvalue weighted by atomic mass is 10.3. The average molecular weight is 125 g/mol. The van der Waals surface area contributed by atoms with Crippen LogP contribution in [-0.2, 0) is 4.79 Å². The molecule has 0 saturated carbocycles. The van der Waals surface area contributed by atoms with Crippen molar-refractivity contribution in [3.8, 4) is 11.8 Å². The van der Waals surface area contributed by atoms with E-state index in [0.29, 0.717) is 0 Å². The second-order valence-electron chi connectivity index (χ2n) is 1.82. The molecule has 1 amide bonds. The lowest BCUT2D eigenvalue weighted by Gasteiger charge is -2.02. The highest BCUT2D eigenvalue weighted by Crippen LogP contribution is 1.75. The minimum Gasteiger partial charge on any atom is -0.343 e. The van der Waals surface area contributed by atoms with Crippen LogP contribution >= 0.6 is 0 Å². The summed E-state index contributed by atoms with van der Waals surface area (Å²) in [4.78, 5) is 10.4. The van der Waals surface area contributed by atoms with Gasteiger partial charge in [0.15, 0.2) is 0 Å². The first-order chi connectivity index (χ1) is 4.16. The van der Waals surface area contributed by atoms with Crippen molar-refractivity contribution in [1.82, 2.24) is 5.32 Å². The molecule has 2 nitrogen and oxygen atoms in total. The molecular formula is C7H11NO. The minimum atomic E-state index is -0.0368. The summed E-state index contributed by atoms with van der Waals surface area (Å²) >= 11 is 0. The van der Waals surface area contributed by atoms with E-state index in [0.717, 1.165) is 0 Å². The molecule has 0 bridgehead atoms. The van der Waals surface area contributed by atoms with E-state index in [4.69, 9.17) is 0 Å². The highest BCUT2D eigenvalue weighted by Gasteiger charge is 1.94. The Kier molecular flexibility index (Phi) is 3.54. The van der Waals surface area contributed by atoms with Crippen LogP contribution in [0.3, 0.4) is 0 Å². The van der Waals surface area contributed by atoms with Crippen molar-refractivity contribution >= 4 is 5.91 Å². The molecule has 50 valence electrons. The summed E-state index contributed by atoms with van der Waals surface area (Å²) in [6.07, 6.45) is 0. The lowest BCUT2D eigenvalue weighted by molar-refractivity contribution is -0.119. The predicted molar refractivity (Wildman–Crippen MR) is 36.7 cm³/mol. The number of nitrogens with one attached hydrogen (secondary N) is 1. The Morgan fingerprint density at radius 1 is 1.67 bits per heavy atom. The molecule has 1 N–H and O–H groups in total. The first-order valence-electron chi connectivity index (χ1n) is 2.86. The van der Waals surface area contributed by atoms with Gasteiger partial charge in [-0.3, -0.25) is 4.79 Å². The van der Waals surface area contributed by atoms with Crippen molar-refractivity contribution < 1.29 is 4.79 Å². The molecule has 0 aromatic carbocycles. The Labute approximate surface area is 55.6 Å². The van der Waals surface area contributed by atoms with Crippen molar-refractivity contribution in [2.24, 2.45) is 0 Å². The molecule has 0 aromatic rings. The van der Waals surface area contributed by atoms with E-state index in [1.807, 2.05) is 6.92 Å². The van der Waals surface area contributed by atoms with Crippen LogP contribution in [0.5, 0.6) is 0 Å². The molecular weight excluding hydrogens is 114 g/mol. The van der Waals surface area contributed by atoms with Gasteiger partial charge in [-0.1, -0.05) is 5.92 Å². The fraction of sp³-hybridized carbons (Fsp3) is 0.571. The second-order valence-corrected chi connectivity index (χ2v) is 1.82. The third kappa shape index (κ3) is 4.89. The quantitative estimate of drug-likeness (QED) is 0.509. The molecule has 0 radical (unpaired) electrons. The Hall–Kier alpha value is -0.970. The summed E-state index contributed by atoms with van der Waals surface area (Å²) in [5.74, 6) is 5.47. The highest BCUT2D eigenvalue weighted by atomic mass is 16.1. The Bertz CT molecular complexity index is 152. The molecule has 0 rings (SSSR count). The van der Waals surface area contributed by atoms with Crippen LogP contribution in [0.2, 0.25) is 0 Å². The zero-order valence-electron chi connectivity index (χ0n) is 5.99. The van der Waals surface area contributed by atoms with Crippen LogP contribution < -0.4 is 5.32 Å². The van der Waals surface area contributed by atoms with E-state index in [1.54, 1.807) is 6.92 Å². The maximum atomic E-state index is 10.4. The summed E-state index contributed by atoms with van der Waals surface area (Å²) in [5.41, 5.74) is 0. The average Bonchev–Trinajstić information content (AvgIpc) is 1.63. The number of hydrogen-bond donors (Lipinski definition) is 1. The molecule has 0 aliphatic rings. The molecule has 9 heavy (non-hydrogen) atoms. The van der Waals surface area contributed by atoms with Crippen molar-refractivity contribution in [3.05, 3.63) is 0 Å². The topological polar surface area (TPSA) is 29.1 Å². The maximum Gasteiger partial charge on any atom is 0.217 e. The zero-order chi connectivity index (χ0) is 7.28. The van der Waals surface area contributed by atoms with Gasteiger partial charge in [-0.2, -0.15) is 0 Å². The van der Waals surface area contributed by atoms with Crippen LogP contribution in [0, 0.1) is 11.8 Å². The summed E-state index contributed by atoms with van der Waals surface area (Å²) in [5, 5.41) is 2.63. The molecule has 0 aliphatic heterocycles. The standard InChI is InChI=1S/C7H11NO/c1-4-5-6(2)8-7(3)9/h6H,1-3H3,(H,8,9). The molecule has 0 saturated heterocycles. The largest absolute Gasteiger partial charge is 0.343 e. The molecule has 0 spiro atoms. The van der Waals surface area contributed by atoms with Crippen LogP contribution in [-0.4, -0.2) is 11.9 Å². The van der Waals surface area contributed by atoms with Crippen LogP contribution in [0.15, 0.2) is 0 Å². The summed E-state index contributed by atoms with van der Waals surface area (Å²) in [6, 6.07) is -0.0208. The number of carbonyl (C=O) groups is 1. The fourth-order valence-electron chi connectivity index (χ4n) is 0.557. The SMILES string of the molecule is CC#CC(C)NC(C)=O. The second kappa shape index (κ2) is 3.96. The zero-order valence-corrected chi connectivity index (χ0v) is 5.99. The number of amides is 1. The van der Waals surface area contributed by atoms with Crippen molar-refractivity contribution in [3.63, 3.8) is 0 Å². The van der Waals surface area contributed by atoms with E-state index in [-0.39, 0.29) is 11.9 Å². The van der Waals surface area contributed by atoms with Gasteiger partial charge in [0.1, 0.15) is 0 Å². The number of carbonyl (C=O) groups excluding carboxylic acids is 1. The molecule has 0 aromatic heterocycles. The molecule has 2 heteroatoms. The van der Waals surface area contributed by atoms with Crippen LogP contribution in [0.25, 0.3) is 0 Å². The number of rotatable bonds is 1. The Morgan fingerprint density at radius 3 is 2.56 bits per heavy atom. The van der Waals surface area contributed by atoms with Crippen molar-refractivity contribution in [2.75, 3.05) is 0 Å². The van der Waals surface area contributed by atoms with E-state index in [2.05, 4.69) is 17.2 Å². The molecule has 0 fully saturated rings. The van der Waals surface area contributed by atoms with E-state index in [9.17, 15) is 4.79 Å². The van der Waals surface area contributed by atoms with Crippen LogP contribution in [0.1, 0.15) is 20.8 Å². The normalized spacial score (nSPS) is 11.0. The summed E-state index contributed by atoms with van der Waals surface area (Å²) in [6.45, 7) is 5.07. The van der Waals surface area contributed by atoms with Gasteiger partial charge in [0, 0.05) is 6.92 Å². The molecule has 1 unspecified atom stereocenters. The Balaban J connectivity index is 3.59. The van der Waals surface area contributed by atoms with Crippen molar-refractivity contribution in [1.29, 1.82) is 0 Å². The predicted octanol–water partition coefficient (Wildman–Crippen LogP) is 0.534. The first kappa shape index (κ1) is 8.03. The van der Waals surface area contributed by atoms with Gasteiger partial charge in [0.2, 0.25) is 5.91 Å². The van der Waals surface area contributed by atoms with Gasteiger partial charge in [-0.25, -0.2) is 0 Å². The summed E-state index contributed by atoms with van der Waals surface area (Å²) in [7, 11) is 0. The van der Waals surface area contributed by atoms with Gasteiger partial charge in [-0.15, -0.1) is 5.92 Å². The summed E-state index contributed by atoms with van der Waals surface area (Å²) < 4.78 is 0. The van der Waals surface area contributed by atoms with E-state index in [1.165, 1.54) is 6.92 Å².